The van der Waals surface area contributed by atoms with Gasteiger partial charge in [0.15, 0.2) is 0 Å². The summed E-state index contributed by atoms with van der Waals surface area (Å²) >= 11 is 7.79. The predicted octanol–water partition coefficient (Wildman–Crippen LogP) is 6.07. The first kappa shape index (κ1) is 19.2. The maximum atomic E-state index is 12.7. The Bertz CT molecular complexity index is 815. The van der Waals surface area contributed by atoms with Gasteiger partial charge in [0, 0.05) is 22.9 Å². The minimum absolute atomic E-state index is 0.0855. The molecule has 0 heterocycles. The zero-order valence-corrected chi connectivity index (χ0v) is 16.8. The Morgan fingerprint density at radius 1 is 1.23 bits per heavy atom. The minimum atomic E-state index is -0.580. The van der Waals surface area contributed by atoms with Gasteiger partial charge in [0.25, 0.3) is 5.91 Å². The number of carbonyl (C=O) groups is 1. The lowest BCUT2D eigenvalue weighted by Crippen LogP contribution is -2.27. The average molecular weight is 386 g/mol. The molecule has 2 aromatic carbocycles. The zero-order valence-electron chi connectivity index (χ0n) is 15.2. The monoisotopic (exact) mass is 385 g/mol. The van der Waals surface area contributed by atoms with Crippen molar-refractivity contribution in [3.8, 4) is 0 Å². The van der Waals surface area contributed by atoms with E-state index in [1.165, 1.54) is 11.1 Å². The van der Waals surface area contributed by atoms with Crippen LogP contribution in [0.15, 0.2) is 53.5 Å². The molecule has 0 N–H and O–H groups in total. The molecule has 0 saturated carbocycles. The number of benzene rings is 2. The summed E-state index contributed by atoms with van der Waals surface area (Å²) in [5.74, 6) is 0.853. The minimum Gasteiger partial charge on any atom is -0.271 e. The van der Waals surface area contributed by atoms with Crippen LogP contribution in [0.4, 0.5) is 0 Å². The van der Waals surface area contributed by atoms with E-state index in [2.05, 4.69) is 29.3 Å². The van der Waals surface area contributed by atoms with Gasteiger partial charge in [0.2, 0.25) is 0 Å². The summed E-state index contributed by atoms with van der Waals surface area (Å²) in [5.41, 5.74) is 3.75. The molecule has 4 heteroatoms. The molecule has 0 spiro atoms. The molecule has 1 unspecified atom stereocenters. The zero-order chi connectivity index (χ0) is 18.6. The smallest absolute Gasteiger partial charge is 0.260 e. The van der Waals surface area contributed by atoms with E-state index in [1.807, 2.05) is 44.3 Å². The Hall–Kier alpha value is -1.58. The van der Waals surface area contributed by atoms with Gasteiger partial charge in [0.05, 0.1) is 4.75 Å². The number of rotatable bonds is 5. The van der Waals surface area contributed by atoms with Gasteiger partial charge in [-0.3, -0.25) is 4.79 Å². The number of nitrogens with zero attached hydrogens (tertiary/aromatic N) is 1. The van der Waals surface area contributed by atoms with Crippen molar-refractivity contribution in [2.24, 2.45) is 4.99 Å². The molecular weight excluding hydrogens is 362 g/mol. The maximum Gasteiger partial charge on any atom is 0.260 e. The van der Waals surface area contributed by atoms with Crippen LogP contribution in [0.1, 0.15) is 49.3 Å². The number of thioether (sulfide) groups is 1. The van der Waals surface area contributed by atoms with E-state index < -0.39 is 4.75 Å². The molecule has 26 heavy (non-hydrogen) atoms. The normalized spacial score (nSPS) is 17.3. The molecule has 2 nitrogen and oxygen atoms in total. The van der Waals surface area contributed by atoms with Crippen LogP contribution in [0, 0.1) is 0 Å². The van der Waals surface area contributed by atoms with Crippen LogP contribution < -0.4 is 0 Å². The predicted molar refractivity (Wildman–Crippen MR) is 112 cm³/mol. The number of halogens is 1. The number of aryl methyl sites for hydroxylation is 1. The Morgan fingerprint density at radius 3 is 2.77 bits per heavy atom. The quantitative estimate of drug-likeness (QED) is 0.584. The largest absolute Gasteiger partial charge is 0.271 e. The van der Waals surface area contributed by atoms with E-state index in [4.69, 9.17) is 11.6 Å². The first-order valence-corrected chi connectivity index (χ1v) is 10.4. The second-order valence-corrected chi connectivity index (χ2v) is 9.18. The van der Waals surface area contributed by atoms with E-state index in [0.717, 1.165) is 29.8 Å². The molecule has 1 atom stereocenters. The second-order valence-electron chi connectivity index (χ2n) is 7.17. The molecule has 0 bridgehead atoms. The van der Waals surface area contributed by atoms with Crippen molar-refractivity contribution in [1.29, 1.82) is 0 Å². The van der Waals surface area contributed by atoms with Crippen molar-refractivity contribution in [2.75, 3.05) is 0 Å². The third-order valence-corrected chi connectivity index (χ3v) is 6.57. The topological polar surface area (TPSA) is 29.4 Å². The van der Waals surface area contributed by atoms with Gasteiger partial charge in [-0.15, -0.1) is 11.8 Å². The number of hydrogen-bond acceptors (Lipinski definition) is 2. The molecule has 0 aliphatic heterocycles. The average Bonchev–Trinajstić information content (AvgIpc) is 2.65. The summed E-state index contributed by atoms with van der Waals surface area (Å²) in [6.07, 6.45) is 5.18. The fraction of sp³-hybridized carbons (Fsp3) is 0.364. The van der Waals surface area contributed by atoms with Gasteiger partial charge >= 0.3 is 0 Å². The van der Waals surface area contributed by atoms with Crippen LogP contribution in [0.5, 0.6) is 0 Å². The highest BCUT2D eigenvalue weighted by atomic mass is 35.5. The number of carbonyl (C=O) groups excluding carboxylic acids is 1. The van der Waals surface area contributed by atoms with Crippen molar-refractivity contribution in [1.82, 2.24) is 0 Å². The van der Waals surface area contributed by atoms with E-state index in [9.17, 15) is 4.79 Å². The summed E-state index contributed by atoms with van der Waals surface area (Å²) in [6, 6.07) is 16.2. The molecule has 3 rings (SSSR count). The summed E-state index contributed by atoms with van der Waals surface area (Å²) < 4.78 is -0.580. The van der Waals surface area contributed by atoms with Gasteiger partial charge in [-0.05, 0) is 55.9 Å². The lowest BCUT2D eigenvalue weighted by Gasteiger charge is -2.23. The van der Waals surface area contributed by atoms with E-state index in [1.54, 1.807) is 11.8 Å². The van der Waals surface area contributed by atoms with Crippen molar-refractivity contribution < 1.29 is 4.79 Å². The van der Waals surface area contributed by atoms with Crippen LogP contribution in [-0.4, -0.2) is 16.9 Å². The molecule has 0 radical (unpaired) electrons. The summed E-state index contributed by atoms with van der Waals surface area (Å²) in [4.78, 5) is 17.0. The van der Waals surface area contributed by atoms with Crippen molar-refractivity contribution in [3.63, 3.8) is 0 Å². The highest BCUT2D eigenvalue weighted by Crippen LogP contribution is 2.33. The van der Waals surface area contributed by atoms with Crippen LogP contribution in [0.3, 0.4) is 0 Å². The van der Waals surface area contributed by atoms with Gasteiger partial charge < -0.3 is 0 Å². The summed E-state index contributed by atoms with van der Waals surface area (Å²) in [6.45, 7) is 3.87. The molecule has 0 saturated heterocycles. The Morgan fingerprint density at radius 2 is 1.96 bits per heavy atom. The van der Waals surface area contributed by atoms with Crippen LogP contribution in [-0.2, 0) is 17.0 Å². The fourth-order valence-corrected chi connectivity index (χ4v) is 4.42. The number of aliphatic imine (C=N–C) groups is 1. The first-order valence-electron chi connectivity index (χ1n) is 9.01. The SMILES string of the molecule is CC(C)(SCc1ccccc1Cl)C(=O)N=CC1CCCc2ccccc21. The molecule has 0 aromatic heterocycles. The lowest BCUT2D eigenvalue weighted by molar-refractivity contribution is -0.119. The third-order valence-electron chi connectivity index (χ3n) is 4.85. The molecule has 1 aliphatic carbocycles. The molecular formula is C22H24ClNOS. The van der Waals surface area contributed by atoms with Crippen LogP contribution in [0.2, 0.25) is 5.02 Å². The summed E-state index contributed by atoms with van der Waals surface area (Å²) in [7, 11) is 0. The van der Waals surface area contributed by atoms with Crippen molar-refractivity contribution in [2.45, 2.75) is 49.5 Å². The molecule has 2 aromatic rings. The number of fused-ring (bicyclic) bond motifs is 1. The standard InChI is InChI=1S/C22H24ClNOS/c1-22(2,26-15-18-9-4-6-13-20(18)23)21(25)24-14-17-11-7-10-16-8-3-5-12-19(16)17/h3-6,8-9,12-14,17H,7,10-11,15H2,1-2H3. The van der Waals surface area contributed by atoms with Gasteiger partial charge in [-0.1, -0.05) is 54.1 Å². The van der Waals surface area contributed by atoms with Gasteiger partial charge in [-0.2, -0.15) is 0 Å². The fourth-order valence-electron chi connectivity index (χ4n) is 3.19. The van der Waals surface area contributed by atoms with E-state index >= 15 is 0 Å². The summed E-state index contributed by atoms with van der Waals surface area (Å²) in [5, 5.41) is 0.741. The number of amides is 1. The lowest BCUT2D eigenvalue weighted by atomic mass is 9.83. The maximum absolute atomic E-state index is 12.7. The molecule has 0 fully saturated rings. The van der Waals surface area contributed by atoms with Gasteiger partial charge in [-0.25, -0.2) is 4.99 Å². The second kappa shape index (κ2) is 8.41. The number of hydrogen-bond donors (Lipinski definition) is 0. The van der Waals surface area contributed by atoms with Crippen LogP contribution >= 0.6 is 23.4 Å². The Labute approximate surface area is 165 Å². The molecule has 1 amide bonds. The van der Waals surface area contributed by atoms with Gasteiger partial charge in [0.1, 0.15) is 0 Å². The highest BCUT2D eigenvalue weighted by molar-refractivity contribution is 8.00. The third kappa shape index (κ3) is 4.57. The first-order chi connectivity index (χ1) is 12.5. The molecule has 1 aliphatic rings. The Kier molecular flexibility index (Phi) is 6.20. The Balaban J connectivity index is 1.65. The van der Waals surface area contributed by atoms with Crippen molar-refractivity contribution in [3.05, 3.63) is 70.2 Å². The molecule has 136 valence electrons. The highest BCUT2D eigenvalue weighted by Gasteiger charge is 2.28. The van der Waals surface area contributed by atoms with Crippen LogP contribution in [0.25, 0.3) is 0 Å². The van der Waals surface area contributed by atoms with Crippen molar-refractivity contribution >= 4 is 35.5 Å². The van der Waals surface area contributed by atoms with E-state index in [0.29, 0.717) is 5.75 Å². The van der Waals surface area contributed by atoms with E-state index in [-0.39, 0.29) is 11.8 Å².